The molecule has 0 rings (SSSR count). The van der Waals surface area contributed by atoms with E-state index in [2.05, 4.69) is 30.9 Å². The van der Waals surface area contributed by atoms with E-state index in [1.54, 1.807) is 0 Å². The van der Waals surface area contributed by atoms with Gasteiger partial charge in [0, 0.05) is 14.8 Å². The standard InChI is InChI=1S/C7H10Si/c1-4-5-6-7-8(2)3/h1,8H,7H2,2-3H3. The van der Waals surface area contributed by atoms with Crippen LogP contribution >= 0.6 is 0 Å². The van der Waals surface area contributed by atoms with Crippen molar-refractivity contribution in [2.75, 3.05) is 0 Å². The fourth-order valence-corrected chi connectivity index (χ4v) is 0.816. The Morgan fingerprint density at radius 2 is 2.12 bits per heavy atom. The van der Waals surface area contributed by atoms with Crippen LogP contribution in [0.25, 0.3) is 0 Å². The smallest absolute Gasteiger partial charge is 0.0444 e. The second-order valence-electron chi connectivity index (χ2n) is 2.04. The highest BCUT2D eigenvalue weighted by molar-refractivity contribution is 6.56. The lowest BCUT2D eigenvalue weighted by Gasteiger charge is -1.88. The lowest BCUT2D eigenvalue weighted by Crippen LogP contribution is -1.94. The van der Waals surface area contributed by atoms with Crippen molar-refractivity contribution in [2.24, 2.45) is 0 Å². The zero-order valence-corrected chi connectivity index (χ0v) is 6.52. The monoisotopic (exact) mass is 122 g/mol. The van der Waals surface area contributed by atoms with E-state index in [0.717, 1.165) is 6.04 Å². The summed E-state index contributed by atoms with van der Waals surface area (Å²) in [4.78, 5) is 0. The predicted octanol–water partition coefficient (Wildman–Crippen LogP) is 1.11. The Hall–Kier alpha value is -0.663. The lowest BCUT2D eigenvalue weighted by molar-refractivity contribution is 1.70. The number of hydrogen-bond acceptors (Lipinski definition) is 0. The maximum atomic E-state index is 4.91. The van der Waals surface area contributed by atoms with Crippen LogP contribution in [0, 0.1) is 24.2 Å². The minimum absolute atomic E-state index is 0.471. The van der Waals surface area contributed by atoms with Crippen molar-refractivity contribution in [3.63, 3.8) is 0 Å². The van der Waals surface area contributed by atoms with Gasteiger partial charge in [-0.15, -0.1) is 6.42 Å². The minimum Gasteiger partial charge on any atom is -0.106 e. The molecule has 1 heteroatoms. The fourth-order valence-electron chi connectivity index (χ4n) is 0.306. The van der Waals surface area contributed by atoms with Crippen molar-refractivity contribution < 1.29 is 0 Å². The van der Waals surface area contributed by atoms with E-state index in [1.165, 1.54) is 0 Å². The Labute approximate surface area is 52.9 Å². The van der Waals surface area contributed by atoms with E-state index < -0.39 is 8.80 Å². The third kappa shape index (κ3) is 5.34. The third-order valence-corrected chi connectivity index (χ3v) is 1.69. The molecule has 0 saturated carbocycles. The summed E-state index contributed by atoms with van der Waals surface area (Å²) in [6.45, 7) is 4.51. The first kappa shape index (κ1) is 7.34. The van der Waals surface area contributed by atoms with Crippen LogP contribution in [0.3, 0.4) is 0 Å². The highest BCUT2D eigenvalue weighted by atomic mass is 28.3. The second-order valence-corrected chi connectivity index (χ2v) is 5.24. The molecule has 0 aromatic rings. The van der Waals surface area contributed by atoms with E-state index in [0.29, 0.717) is 0 Å². The molecule has 0 saturated heterocycles. The molecule has 0 bridgehead atoms. The van der Waals surface area contributed by atoms with Crippen LogP contribution in [0.5, 0.6) is 0 Å². The Morgan fingerprint density at radius 1 is 1.50 bits per heavy atom. The highest BCUT2D eigenvalue weighted by Crippen LogP contribution is 1.85. The highest BCUT2D eigenvalue weighted by Gasteiger charge is 1.87. The summed E-state index contributed by atoms with van der Waals surface area (Å²) in [7, 11) is -0.471. The summed E-state index contributed by atoms with van der Waals surface area (Å²) in [6, 6.07) is 1.05. The molecule has 42 valence electrons. The van der Waals surface area contributed by atoms with Crippen molar-refractivity contribution in [3.05, 3.63) is 0 Å². The number of terminal acetylenes is 1. The van der Waals surface area contributed by atoms with Crippen LogP contribution in [0.1, 0.15) is 0 Å². The summed E-state index contributed by atoms with van der Waals surface area (Å²) in [6.07, 6.45) is 4.91. The summed E-state index contributed by atoms with van der Waals surface area (Å²) < 4.78 is 0. The first-order chi connectivity index (χ1) is 3.77. The minimum atomic E-state index is -0.471. The van der Waals surface area contributed by atoms with Crippen LogP contribution in [0.4, 0.5) is 0 Å². The van der Waals surface area contributed by atoms with Gasteiger partial charge in [0.25, 0.3) is 0 Å². The van der Waals surface area contributed by atoms with Gasteiger partial charge in [-0.3, -0.25) is 0 Å². The molecular weight excluding hydrogens is 112 g/mol. The molecule has 0 fully saturated rings. The first-order valence-electron chi connectivity index (χ1n) is 2.71. The largest absolute Gasteiger partial charge is 0.106 e. The Bertz CT molecular complexity index is 140. The molecule has 0 aliphatic rings. The van der Waals surface area contributed by atoms with Gasteiger partial charge in [-0.05, 0) is 11.8 Å². The summed E-state index contributed by atoms with van der Waals surface area (Å²) in [5.41, 5.74) is 0. The van der Waals surface area contributed by atoms with Gasteiger partial charge < -0.3 is 0 Å². The molecular formula is C7H10Si. The van der Waals surface area contributed by atoms with Gasteiger partial charge in [-0.1, -0.05) is 19.0 Å². The molecule has 0 heterocycles. The van der Waals surface area contributed by atoms with E-state index in [9.17, 15) is 0 Å². The topological polar surface area (TPSA) is 0 Å². The van der Waals surface area contributed by atoms with Crippen LogP contribution in [0.2, 0.25) is 19.1 Å². The maximum absolute atomic E-state index is 4.91. The molecule has 0 unspecified atom stereocenters. The average Bonchev–Trinajstić information content (AvgIpc) is 1.66. The lowest BCUT2D eigenvalue weighted by atomic mass is 10.6. The van der Waals surface area contributed by atoms with E-state index in [4.69, 9.17) is 6.42 Å². The normalized spacial score (nSPS) is 7.25. The van der Waals surface area contributed by atoms with Crippen LogP contribution < -0.4 is 0 Å². The molecule has 0 aliphatic heterocycles. The summed E-state index contributed by atoms with van der Waals surface area (Å²) in [5, 5.41) is 0. The van der Waals surface area contributed by atoms with Crippen molar-refractivity contribution in [1.82, 2.24) is 0 Å². The van der Waals surface area contributed by atoms with Gasteiger partial charge in [0.05, 0.1) is 0 Å². The Kier molecular flexibility index (Phi) is 4.12. The predicted molar refractivity (Wildman–Crippen MR) is 40.3 cm³/mol. The summed E-state index contributed by atoms with van der Waals surface area (Å²) in [5.74, 6) is 7.79. The Morgan fingerprint density at radius 3 is 2.50 bits per heavy atom. The molecule has 8 heavy (non-hydrogen) atoms. The van der Waals surface area contributed by atoms with Gasteiger partial charge in [0.2, 0.25) is 0 Å². The maximum Gasteiger partial charge on any atom is 0.0444 e. The van der Waals surface area contributed by atoms with Crippen LogP contribution in [-0.4, -0.2) is 8.80 Å². The molecule has 0 radical (unpaired) electrons. The summed E-state index contributed by atoms with van der Waals surface area (Å²) >= 11 is 0. The fraction of sp³-hybridized carbons (Fsp3) is 0.429. The van der Waals surface area contributed by atoms with E-state index in [-0.39, 0.29) is 0 Å². The van der Waals surface area contributed by atoms with Gasteiger partial charge in [-0.2, -0.15) is 0 Å². The molecule has 0 N–H and O–H groups in total. The Balaban J connectivity index is 3.33. The molecule has 0 aliphatic carbocycles. The third-order valence-electron chi connectivity index (χ3n) is 0.671. The SMILES string of the molecule is C#CC#CC[SiH](C)C. The van der Waals surface area contributed by atoms with Crippen molar-refractivity contribution in [2.45, 2.75) is 19.1 Å². The molecule has 0 spiro atoms. The second kappa shape index (κ2) is 4.49. The van der Waals surface area contributed by atoms with Crippen molar-refractivity contribution >= 4 is 8.80 Å². The molecule has 0 aromatic carbocycles. The zero-order valence-electron chi connectivity index (χ0n) is 5.36. The average molecular weight is 122 g/mol. The van der Waals surface area contributed by atoms with Crippen LogP contribution in [0.15, 0.2) is 0 Å². The van der Waals surface area contributed by atoms with Crippen LogP contribution in [-0.2, 0) is 0 Å². The van der Waals surface area contributed by atoms with Crippen molar-refractivity contribution in [1.29, 1.82) is 0 Å². The van der Waals surface area contributed by atoms with E-state index in [1.807, 2.05) is 0 Å². The van der Waals surface area contributed by atoms with Crippen molar-refractivity contribution in [3.8, 4) is 24.2 Å². The first-order valence-corrected chi connectivity index (χ1v) is 5.83. The quantitative estimate of drug-likeness (QED) is 0.361. The molecule has 0 nitrogen and oxygen atoms in total. The zero-order chi connectivity index (χ0) is 6.41. The molecule has 0 atom stereocenters. The molecule has 0 aromatic heterocycles. The molecule has 0 amide bonds. The van der Waals surface area contributed by atoms with Gasteiger partial charge in [0.1, 0.15) is 0 Å². The van der Waals surface area contributed by atoms with Gasteiger partial charge in [0.15, 0.2) is 0 Å². The number of hydrogen-bond donors (Lipinski definition) is 0. The number of rotatable bonds is 1. The van der Waals surface area contributed by atoms with Gasteiger partial charge in [-0.25, -0.2) is 0 Å². The van der Waals surface area contributed by atoms with Gasteiger partial charge >= 0.3 is 0 Å². The van der Waals surface area contributed by atoms with E-state index >= 15 is 0 Å².